The standard InChI is InChI=1S/C10H16NO2P3.C2H6/c1-7-3-2-4-8(5-7)6-9(11(14)15)10(12)13-16;1-2/h2-5,9H,6,14-16H2,1H3;1-2H3. The molecular formula is C12H22NO2P3. The zero-order valence-electron chi connectivity index (χ0n) is 11.1. The summed E-state index contributed by atoms with van der Waals surface area (Å²) in [5.41, 5.74) is 2.31. The van der Waals surface area contributed by atoms with E-state index in [1.807, 2.05) is 48.4 Å². The summed E-state index contributed by atoms with van der Waals surface area (Å²) in [6.07, 6.45) is 0.627. The lowest BCUT2D eigenvalue weighted by molar-refractivity contribution is -0.136. The smallest absolute Gasteiger partial charge is 0.326 e. The first kappa shape index (κ1) is 17.9. The van der Waals surface area contributed by atoms with Gasteiger partial charge in [-0.05, 0) is 18.9 Å². The summed E-state index contributed by atoms with van der Waals surface area (Å²) in [7, 11) is 6.92. The van der Waals surface area contributed by atoms with Gasteiger partial charge in [0.1, 0.15) is 6.04 Å². The first-order chi connectivity index (χ1) is 8.54. The summed E-state index contributed by atoms with van der Waals surface area (Å²) in [5.74, 6) is -0.267. The Morgan fingerprint density at radius 1 is 1.39 bits per heavy atom. The molecule has 0 aliphatic carbocycles. The van der Waals surface area contributed by atoms with Crippen LogP contribution in [0.2, 0.25) is 0 Å². The molecule has 1 aromatic carbocycles. The first-order valence-corrected chi connectivity index (χ1v) is 7.29. The molecule has 0 bridgehead atoms. The van der Waals surface area contributed by atoms with Gasteiger partial charge in [0.15, 0.2) is 0 Å². The van der Waals surface area contributed by atoms with Crippen LogP contribution in [-0.4, -0.2) is 16.5 Å². The maximum atomic E-state index is 11.5. The number of rotatable bonds is 4. The molecule has 0 aromatic heterocycles. The minimum absolute atomic E-state index is 0.267. The lowest BCUT2D eigenvalue weighted by Gasteiger charge is -2.21. The normalized spacial score (nSPS) is 11.5. The highest BCUT2D eigenvalue weighted by atomic mass is 31.1. The minimum atomic E-state index is -0.311. The molecule has 4 atom stereocenters. The molecule has 102 valence electrons. The molecule has 1 aromatic rings. The van der Waals surface area contributed by atoms with Crippen molar-refractivity contribution in [3.05, 3.63) is 35.4 Å². The van der Waals surface area contributed by atoms with Crippen LogP contribution >= 0.6 is 28.2 Å². The van der Waals surface area contributed by atoms with E-state index in [0.29, 0.717) is 6.42 Å². The van der Waals surface area contributed by atoms with Crippen LogP contribution in [0.5, 0.6) is 0 Å². The number of carbonyl (C=O) groups is 1. The number of nitrogens with zero attached hydrogens (tertiary/aromatic N) is 1. The largest absolute Gasteiger partial charge is 0.450 e. The van der Waals surface area contributed by atoms with E-state index in [2.05, 4.69) is 29.4 Å². The van der Waals surface area contributed by atoms with E-state index in [4.69, 9.17) is 0 Å². The Hall–Kier alpha value is -0.0600. The van der Waals surface area contributed by atoms with Crippen molar-refractivity contribution in [2.75, 3.05) is 0 Å². The van der Waals surface area contributed by atoms with Gasteiger partial charge in [-0.2, -0.15) is 0 Å². The van der Waals surface area contributed by atoms with Crippen LogP contribution in [0.4, 0.5) is 0 Å². The molecule has 0 N–H and O–H groups in total. The third-order valence-corrected chi connectivity index (χ3v) is 3.21. The molecule has 4 unspecified atom stereocenters. The van der Waals surface area contributed by atoms with Crippen molar-refractivity contribution < 1.29 is 9.32 Å². The van der Waals surface area contributed by atoms with E-state index in [-0.39, 0.29) is 12.0 Å². The molecule has 18 heavy (non-hydrogen) atoms. The summed E-state index contributed by atoms with van der Waals surface area (Å²) < 4.78 is 6.39. The maximum Gasteiger partial charge on any atom is 0.326 e. The van der Waals surface area contributed by atoms with Gasteiger partial charge in [0.25, 0.3) is 0 Å². The molecule has 0 fully saturated rings. The van der Waals surface area contributed by atoms with E-state index in [9.17, 15) is 4.79 Å². The molecule has 0 saturated heterocycles. The van der Waals surface area contributed by atoms with Crippen LogP contribution < -0.4 is 0 Å². The van der Waals surface area contributed by atoms with Crippen molar-refractivity contribution >= 4 is 34.2 Å². The third kappa shape index (κ3) is 6.21. The predicted octanol–water partition coefficient (Wildman–Crippen LogP) is 3.15. The van der Waals surface area contributed by atoms with E-state index in [0.717, 1.165) is 5.56 Å². The fraction of sp³-hybridized carbons (Fsp3) is 0.417. The fourth-order valence-corrected chi connectivity index (χ4v) is 2.06. The molecule has 0 aliphatic rings. The van der Waals surface area contributed by atoms with Crippen molar-refractivity contribution in [2.24, 2.45) is 0 Å². The van der Waals surface area contributed by atoms with Gasteiger partial charge in [-0.15, -0.1) is 0 Å². The molecule has 0 amide bonds. The van der Waals surface area contributed by atoms with Crippen LogP contribution in [0.15, 0.2) is 24.3 Å². The molecule has 0 saturated carbocycles. The number of hydrogen-bond donors (Lipinski definition) is 0. The van der Waals surface area contributed by atoms with Gasteiger partial charge in [0.05, 0.1) is 9.47 Å². The van der Waals surface area contributed by atoms with Gasteiger partial charge in [-0.1, -0.05) is 62.5 Å². The summed E-state index contributed by atoms with van der Waals surface area (Å²) in [5, 5.41) is 0. The van der Waals surface area contributed by atoms with Crippen molar-refractivity contribution in [3.63, 3.8) is 0 Å². The van der Waals surface area contributed by atoms with Crippen LogP contribution in [0, 0.1) is 6.92 Å². The van der Waals surface area contributed by atoms with Crippen LogP contribution in [0.1, 0.15) is 25.0 Å². The van der Waals surface area contributed by atoms with Crippen molar-refractivity contribution in [1.82, 2.24) is 4.44 Å². The minimum Gasteiger partial charge on any atom is -0.450 e. The van der Waals surface area contributed by atoms with E-state index < -0.39 is 0 Å². The zero-order chi connectivity index (χ0) is 14.1. The van der Waals surface area contributed by atoms with Gasteiger partial charge in [0, 0.05) is 0 Å². The highest BCUT2D eigenvalue weighted by Gasteiger charge is 2.22. The monoisotopic (exact) mass is 305 g/mol. The van der Waals surface area contributed by atoms with Gasteiger partial charge < -0.3 is 4.52 Å². The number of carbonyl (C=O) groups excluding carboxylic acids is 1. The van der Waals surface area contributed by atoms with E-state index in [1.165, 1.54) is 5.56 Å². The van der Waals surface area contributed by atoms with Crippen molar-refractivity contribution in [1.29, 1.82) is 0 Å². The Morgan fingerprint density at radius 2 is 2.00 bits per heavy atom. The van der Waals surface area contributed by atoms with Crippen LogP contribution in [-0.2, 0) is 15.7 Å². The van der Waals surface area contributed by atoms with Gasteiger partial charge >= 0.3 is 5.97 Å². The summed E-state index contributed by atoms with van der Waals surface area (Å²) >= 11 is 0. The van der Waals surface area contributed by atoms with Gasteiger partial charge in [-0.3, -0.25) is 9.24 Å². The second-order valence-corrected chi connectivity index (χ2v) is 5.62. The average Bonchev–Trinajstić information content (AvgIpc) is 2.37. The lowest BCUT2D eigenvalue weighted by Crippen LogP contribution is -2.31. The molecule has 1 rings (SSSR count). The SMILES string of the molecule is CC.Cc1cccc(CC(C(=O)OP)N(P)P)c1. The van der Waals surface area contributed by atoms with Gasteiger partial charge in [-0.25, -0.2) is 0 Å². The van der Waals surface area contributed by atoms with Gasteiger partial charge in [0.2, 0.25) is 0 Å². The summed E-state index contributed by atoms with van der Waals surface area (Å²) in [6.45, 7) is 6.03. The molecule has 6 heteroatoms. The Balaban J connectivity index is 0.00000137. The highest BCUT2D eigenvalue weighted by molar-refractivity contribution is 7.31. The fourth-order valence-electron chi connectivity index (χ4n) is 1.45. The lowest BCUT2D eigenvalue weighted by atomic mass is 10.0. The van der Waals surface area contributed by atoms with Crippen LogP contribution in [0.25, 0.3) is 0 Å². The van der Waals surface area contributed by atoms with Crippen LogP contribution in [0.3, 0.4) is 0 Å². The van der Waals surface area contributed by atoms with Crippen molar-refractivity contribution in [3.8, 4) is 0 Å². The average molecular weight is 305 g/mol. The van der Waals surface area contributed by atoms with Crippen molar-refractivity contribution in [2.45, 2.75) is 33.2 Å². The molecule has 0 radical (unpaired) electrons. The summed E-state index contributed by atoms with van der Waals surface area (Å²) in [6, 6.07) is 7.79. The molecule has 0 aliphatic heterocycles. The number of benzene rings is 1. The Morgan fingerprint density at radius 3 is 2.44 bits per heavy atom. The Bertz CT molecular complexity index is 372. The maximum absolute atomic E-state index is 11.5. The molecule has 0 heterocycles. The van der Waals surface area contributed by atoms with E-state index >= 15 is 0 Å². The van der Waals surface area contributed by atoms with E-state index in [1.54, 1.807) is 4.44 Å². The first-order valence-electron chi connectivity index (χ1n) is 5.79. The second-order valence-electron chi connectivity index (χ2n) is 3.59. The highest BCUT2D eigenvalue weighted by Crippen LogP contribution is 2.19. The second kappa shape index (κ2) is 9.82. The molecular weight excluding hydrogens is 283 g/mol. The third-order valence-electron chi connectivity index (χ3n) is 2.26. The Kier molecular flexibility index (Phi) is 9.78. The zero-order valence-corrected chi connectivity index (χ0v) is 14.6. The Labute approximate surface area is 117 Å². The number of hydrogen-bond acceptors (Lipinski definition) is 3. The predicted molar refractivity (Wildman–Crippen MR) is 87.1 cm³/mol. The number of aryl methyl sites for hydroxylation is 1. The topological polar surface area (TPSA) is 29.5 Å². The quantitative estimate of drug-likeness (QED) is 0.800. The molecule has 3 nitrogen and oxygen atoms in total. The molecule has 0 spiro atoms. The summed E-state index contributed by atoms with van der Waals surface area (Å²) in [4.78, 5) is 11.5.